The van der Waals surface area contributed by atoms with E-state index in [2.05, 4.69) is 15.6 Å². The van der Waals surface area contributed by atoms with Crippen molar-refractivity contribution in [1.29, 1.82) is 0 Å². The van der Waals surface area contributed by atoms with Crippen molar-refractivity contribution in [2.45, 2.75) is 13.3 Å². The largest absolute Gasteiger partial charge is 0.351 e. The molecular weight excluding hydrogens is 228 g/mol. The van der Waals surface area contributed by atoms with E-state index in [4.69, 9.17) is 5.73 Å². The van der Waals surface area contributed by atoms with Crippen LogP contribution in [0.15, 0.2) is 5.38 Å². The molecule has 7 heteroatoms. The van der Waals surface area contributed by atoms with Crippen molar-refractivity contribution in [3.8, 4) is 0 Å². The molecule has 1 heterocycles. The van der Waals surface area contributed by atoms with Gasteiger partial charge in [0.05, 0.1) is 0 Å². The highest BCUT2D eigenvalue weighted by Crippen LogP contribution is 2.14. The third-order valence-electron chi connectivity index (χ3n) is 1.69. The van der Waals surface area contributed by atoms with Gasteiger partial charge in [-0.1, -0.05) is 0 Å². The number of nitrogens with two attached hydrogens (primary N) is 1. The van der Waals surface area contributed by atoms with E-state index in [0.717, 1.165) is 6.42 Å². The maximum Gasteiger partial charge on any atom is 0.270 e. The summed E-state index contributed by atoms with van der Waals surface area (Å²) in [6.07, 6.45) is 0.731. The lowest BCUT2D eigenvalue weighted by molar-refractivity contribution is -0.114. The number of carbonyl (C=O) groups is 2. The molecule has 0 unspecified atom stereocenters. The van der Waals surface area contributed by atoms with Crippen LogP contribution in [0.2, 0.25) is 0 Å². The van der Waals surface area contributed by atoms with E-state index in [0.29, 0.717) is 23.9 Å². The summed E-state index contributed by atoms with van der Waals surface area (Å²) in [6.45, 7) is 2.46. The summed E-state index contributed by atoms with van der Waals surface area (Å²) in [6, 6.07) is 0. The van der Waals surface area contributed by atoms with E-state index < -0.39 is 0 Å². The van der Waals surface area contributed by atoms with Crippen molar-refractivity contribution in [1.82, 2.24) is 10.3 Å². The molecule has 0 atom stereocenters. The molecule has 0 aliphatic carbocycles. The van der Waals surface area contributed by atoms with Gasteiger partial charge in [0.1, 0.15) is 5.69 Å². The monoisotopic (exact) mass is 242 g/mol. The number of carbonyl (C=O) groups excluding carboxylic acids is 2. The van der Waals surface area contributed by atoms with Crippen LogP contribution in [-0.2, 0) is 4.79 Å². The average molecular weight is 242 g/mol. The molecule has 0 fully saturated rings. The van der Waals surface area contributed by atoms with E-state index >= 15 is 0 Å². The molecule has 0 saturated carbocycles. The Hall–Kier alpha value is -1.47. The van der Waals surface area contributed by atoms with E-state index in [1.54, 1.807) is 5.38 Å². The Labute approximate surface area is 97.2 Å². The predicted octanol–water partition coefficient (Wildman–Crippen LogP) is 0.180. The molecule has 0 radical (unpaired) electrons. The third kappa shape index (κ3) is 3.95. The van der Waals surface area contributed by atoms with E-state index in [1.165, 1.54) is 18.3 Å². The van der Waals surface area contributed by atoms with Crippen LogP contribution >= 0.6 is 11.3 Å². The molecule has 2 amide bonds. The van der Waals surface area contributed by atoms with Gasteiger partial charge >= 0.3 is 0 Å². The second-order valence-corrected chi connectivity index (χ2v) is 3.98. The minimum Gasteiger partial charge on any atom is -0.351 e. The number of amides is 2. The highest BCUT2D eigenvalue weighted by Gasteiger charge is 2.10. The normalized spacial score (nSPS) is 9.88. The Bertz CT molecular complexity index is 377. The lowest BCUT2D eigenvalue weighted by atomic mass is 10.4. The topological polar surface area (TPSA) is 97.1 Å². The Morgan fingerprint density at radius 3 is 2.94 bits per heavy atom. The molecule has 0 aliphatic heterocycles. The second-order valence-electron chi connectivity index (χ2n) is 3.12. The summed E-state index contributed by atoms with van der Waals surface area (Å²) >= 11 is 1.22. The highest BCUT2D eigenvalue weighted by atomic mass is 32.1. The number of aromatic nitrogens is 1. The molecule has 0 aromatic carbocycles. The van der Waals surface area contributed by atoms with Crippen molar-refractivity contribution in [2.75, 3.05) is 18.4 Å². The molecule has 88 valence electrons. The average Bonchev–Trinajstić information content (AvgIpc) is 2.65. The first kappa shape index (κ1) is 12.6. The van der Waals surface area contributed by atoms with Gasteiger partial charge in [-0.3, -0.25) is 9.59 Å². The van der Waals surface area contributed by atoms with Gasteiger partial charge < -0.3 is 16.4 Å². The van der Waals surface area contributed by atoms with Gasteiger partial charge in [-0.05, 0) is 13.0 Å². The van der Waals surface area contributed by atoms with E-state index in [1.807, 2.05) is 0 Å². The molecule has 4 N–H and O–H groups in total. The van der Waals surface area contributed by atoms with E-state index in [9.17, 15) is 9.59 Å². The standard InChI is InChI=1S/C9H14N4O2S/c1-6(14)12-9-13-7(5-16-9)8(15)11-4-2-3-10/h5H,2-4,10H2,1H3,(H,11,15)(H,12,13,14). The van der Waals surface area contributed by atoms with Crippen molar-refractivity contribution in [2.24, 2.45) is 5.73 Å². The van der Waals surface area contributed by atoms with Gasteiger partial charge in [-0.2, -0.15) is 0 Å². The van der Waals surface area contributed by atoms with Gasteiger partial charge in [0.25, 0.3) is 5.91 Å². The van der Waals surface area contributed by atoms with Crippen LogP contribution in [-0.4, -0.2) is 29.9 Å². The molecule has 16 heavy (non-hydrogen) atoms. The number of nitrogens with zero attached hydrogens (tertiary/aromatic N) is 1. The lowest BCUT2D eigenvalue weighted by Gasteiger charge is -2.00. The molecule has 0 spiro atoms. The molecule has 0 bridgehead atoms. The zero-order valence-electron chi connectivity index (χ0n) is 8.95. The number of thiazole rings is 1. The van der Waals surface area contributed by atoms with Crippen LogP contribution in [0.4, 0.5) is 5.13 Å². The zero-order chi connectivity index (χ0) is 12.0. The lowest BCUT2D eigenvalue weighted by Crippen LogP contribution is -2.26. The van der Waals surface area contributed by atoms with Crippen LogP contribution in [0.25, 0.3) is 0 Å². The maximum atomic E-state index is 11.5. The Kier molecular flexibility index (Phi) is 4.87. The number of hydrogen-bond acceptors (Lipinski definition) is 5. The van der Waals surface area contributed by atoms with Crippen molar-refractivity contribution in [3.05, 3.63) is 11.1 Å². The number of anilines is 1. The highest BCUT2D eigenvalue weighted by molar-refractivity contribution is 7.14. The molecule has 1 aromatic heterocycles. The number of nitrogens with one attached hydrogen (secondary N) is 2. The summed E-state index contributed by atoms with van der Waals surface area (Å²) in [7, 11) is 0. The fourth-order valence-corrected chi connectivity index (χ4v) is 1.72. The molecular formula is C9H14N4O2S. The SMILES string of the molecule is CC(=O)Nc1nc(C(=O)NCCCN)cs1. The van der Waals surface area contributed by atoms with Crippen molar-refractivity contribution in [3.63, 3.8) is 0 Å². The summed E-state index contributed by atoms with van der Waals surface area (Å²) in [5, 5.41) is 7.22. The van der Waals surface area contributed by atoms with Crippen LogP contribution < -0.4 is 16.4 Å². The fraction of sp³-hybridized carbons (Fsp3) is 0.444. The Morgan fingerprint density at radius 1 is 1.56 bits per heavy atom. The number of rotatable bonds is 5. The van der Waals surface area contributed by atoms with Gasteiger partial charge in [-0.15, -0.1) is 11.3 Å². The first-order chi connectivity index (χ1) is 7.63. The summed E-state index contributed by atoms with van der Waals surface area (Å²) < 4.78 is 0. The minimum absolute atomic E-state index is 0.204. The second kappa shape index (κ2) is 6.19. The first-order valence-electron chi connectivity index (χ1n) is 4.85. The van der Waals surface area contributed by atoms with Crippen molar-refractivity contribution >= 4 is 28.3 Å². The molecule has 0 aliphatic rings. The Balaban J connectivity index is 2.49. The third-order valence-corrected chi connectivity index (χ3v) is 2.44. The summed E-state index contributed by atoms with van der Waals surface area (Å²) in [4.78, 5) is 26.2. The first-order valence-corrected chi connectivity index (χ1v) is 5.73. The Morgan fingerprint density at radius 2 is 2.31 bits per heavy atom. The molecule has 0 saturated heterocycles. The summed E-state index contributed by atoms with van der Waals surface area (Å²) in [5.74, 6) is -0.453. The van der Waals surface area contributed by atoms with Crippen molar-refractivity contribution < 1.29 is 9.59 Å². The molecule has 1 rings (SSSR count). The van der Waals surface area contributed by atoms with Gasteiger partial charge in [0.2, 0.25) is 5.91 Å². The van der Waals surface area contributed by atoms with Gasteiger partial charge in [-0.25, -0.2) is 4.98 Å². The minimum atomic E-state index is -0.249. The zero-order valence-corrected chi connectivity index (χ0v) is 9.76. The van der Waals surface area contributed by atoms with Crippen LogP contribution in [0, 0.1) is 0 Å². The predicted molar refractivity (Wildman–Crippen MR) is 62.4 cm³/mol. The van der Waals surface area contributed by atoms with E-state index in [-0.39, 0.29) is 11.8 Å². The van der Waals surface area contributed by atoms with Crippen LogP contribution in [0.5, 0.6) is 0 Å². The quantitative estimate of drug-likeness (QED) is 0.642. The maximum absolute atomic E-state index is 11.5. The van der Waals surface area contributed by atoms with Gasteiger partial charge in [0, 0.05) is 18.8 Å². The molecule has 6 nitrogen and oxygen atoms in total. The molecule has 1 aromatic rings. The fourth-order valence-electron chi connectivity index (χ4n) is 0.981. The smallest absolute Gasteiger partial charge is 0.270 e. The number of hydrogen-bond donors (Lipinski definition) is 3. The van der Waals surface area contributed by atoms with Crippen LogP contribution in [0.3, 0.4) is 0 Å². The van der Waals surface area contributed by atoms with Crippen LogP contribution in [0.1, 0.15) is 23.8 Å². The van der Waals surface area contributed by atoms with Gasteiger partial charge in [0.15, 0.2) is 5.13 Å². The summed E-state index contributed by atoms with van der Waals surface area (Å²) in [5.41, 5.74) is 5.61.